The monoisotopic (exact) mass is 361 g/mol. The highest BCUT2D eigenvalue weighted by molar-refractivity contribution is 5.78. The van der Waals surface area contributed by atoms with Gasteiger partial charge in [0.1, 0.15) is 5.76 Å². The molecule has 2 heterocycles. The molecular formula is C20H31N3O3. The molecule has 0 bridgehead atoms. The number of carbonyl (C=O) groups is 2. The van der Waals surface area contributed by atoms with Crippen molar-refractivity contribution in [1.29, 1.82) is 0 Å². The van der Waals surface area contributed by atoms with E-state index in [1.165, 1.54) is 0 Å². The molecule has 0 aromatic carbocycles. The van der Waals surface area contributed by atoms with Gasteiger partial charge in [0.2, 0.25) is 11.8 Å². The number of carbonyl (C=O) groups excluding carboxylic acids is 2. The van der Waals surface area contributed by atoms with Crippen molar-refractivity contribution < 1.29 is 14.1 Å². The Labute approximate surface area is 155 Å². The molecule has 1 aromatic rings. The molecule has 0 spiro atoms. The van der Waals surface area contributed by atoms with Crippen molar-refractivity contribution in [2.24, 2.45) is 17.8 Å². The molecule has 2 aliphatic rings. The summed E-state index contributed by atoms with van der Waals surface area (Å²) < 4.78 is 5.18. The largest absolute Gasteiger partial charge is 0.361 e. The number of hydrogen-bond acceptors (Lipinski definition) is 4. The second kappa shape index (κ2) is 7.80. The Hall–Kier alpha value is -1.85. The first-order chi connectivity index (χ1) is 12.3. The Bertz CT molecular complexity index is 654. The predicted octanol–water partition coefficient (Wildman–Crippen LogP) is 2.66. The van der Waals surface area contributed by atoms with Gasteiger partial charge in [-0.1, -0.05) is 19.0 Å². The lowest BCUT2D eigenvalue weighted by Gasteiger charge is -2.34. The first-order valence-corrected chi connectivity index (χ1v) is 9.79. The van der Waals surface area contributed by atoms with Gasteiger partial charge in [-0.15, -0.1) is 0 Å². The minimum atomic E-state index is 0.118. The van der Waals surface area contributed by atoms with Crippen LogP contribution in [-0.2, 0) is 16.0 Å². The zero-order valence-electron chi connectivity index (χ0n) is 16.4. The third-order valence-electron chi connectivity index (χ3n) is 5.92. The molecule has 0 radical (unpaired) electrons. The second-order valence-electron chi connectivity index (χ2n) is 8.49. The van der Waals surface area contributed by atoms with E-state index < -0.39 is 0 Å². The normalized spacial score (nSPS) is 25.4. The molecule has 2 fully saturated rings. The number of rotatable bonds is 5. The van der Waals surface area contributed by atoms with E-state index in [9.17, 15) is 9.59 Å². The molecule has 6 nitrogen and oxygen atoms in total. The topological polar surface area (TPSA) is 66.7 Å². The molecular weight excluding hydrogens is 330 g/mol. The van der Waals surface area contributed by atoms with Gasteiger partial charge in [-0.2, -0.15) is 0 Å². The lowest BCUT2D eigenvalue weighted by Crippen LogP contribution is -2.42. The first-order valence-electron chi connectivity index (χ1n) is 9.79. The van der Waals surface area contributed by atoms with Crippen molar-refractivity contribution in [2.75, 3.05) is 20.1 Å². The van der Waals surface area contributed by atoms with Gasteiger partial charge in [0.25, 0.3) is 0 Å². The van der Waals surface area contributed by atoms with Gasteiger partial charge in [0.05, 0.1) is 12.1 Å². The van der Waals surface area contributed by atoms with Crippen molar-refractivity contribution in [3.05, 3.63) is 17.5 Å². The molecule has 3 rings (SSSR count). The van der Waals surface area contributed by atoms with Crippen LogP contribution in [0.5, 0.6) is 0 Å². The minimum absolute atomic E-state index is 0.118. The smallest absolute Gasteiger partial charge is 0.230 e. The van der Waals surface area contributed by atoms with Crippen molar-refractivity contribution in [1.82, 2.24) is 15.0 Å². The summed E-state index contributed by atoms with van der Waals surface area (Å²) in [4.78, 5) is 28.9. The third kappa shape index (κ3) is 4.27. The van der Waals surface area contributed by atoms with E-state index in [4.69, 9.17) is 4.52 Å². The van der Waals surface area contributed by atoms with Gasteiger partial charge in [-0.3, -0.25) is 9.59 Å². The van der Waals surface area contributed by atoms with Crippen molar-refractivity contribution >= 4 is 11.8 Å². The second-order valence-corrected chi connectivity index (χ2v) is 8.49. The van der Waals surface area contributed by atoms with Crippen LogP contribution in [0.2, 0.25) is 0 Å². The van der Waals surface area contributed by atoms with Crippen LogP contribution in [0.4, 0.5) is 0 Å². The molecule has 3 atom stereocenters. The number of hydrogen-bond donors (Lipinski definition) is 0. The van der Waals surface area contributed by atoms with Gasteiger partial charge < -0.3 is 14.3 Å². The summed E-state index contributed by atoms with van der Waals surface area (Å²) in [5, 5.41) is 3.85. The number of fused-ring (bicyclic) bond motifs is 1. The minimum Gasteiger partial charge on any atom is -0.361 e. The van der Waals surface area contributed by atoms with Crippen molar-refractivity contribution in [3.8, 4) is 0 Å². The van der Waals surface area contributed by atoms with Crippen molar-refractivity contribution in [2.45, 2.75) is 58.9 Å². The zero-order valence-corrected chi connectivity index (χ0v) is 16.4. The standard InChI is InChI=1S/C20H31N3O3/c1-13(2)7-19(24)22(4)17-9-15-5-6-23(12-16(15)10-17)20(25)11-18-8-14(3)21-26-18/h8,13,15-17H,5-7,9-12H2,1-4H3/t15-,16-,17+/m1/s1. The fourth-order valence-corrected chi connectivity index (χ4v) is 4.45. The maximum atomic E-state index is 12.6. The van der Waals surface area contributed by atoms with Gasteiger partial charge in [-0.25, -0.2) is 0 Å². The van der Waals surface area contributed by atoms with E-state index in [0.717, 1.165) is 38.0 Å². The zero-order chi connectivity index (χ0) is 18.8. The van der Waals surface area contributed by atoms with E-state index in [2.05, 4.69) is 19.0 Å². The van der Waals surface area contributed by atoms with Gasteiger partial charge >= 0.3 is 0 Å². The average Bonchev–Trinajstić information content (AvgIpc) is 3.18. The Morgan fingerprint density at radius 2 is 2.08 bits per heavy atom. The van der Waals surface area contributed by atoms with Crippen LogP contribution in [0.15, 0.2) is 10.6 Å². The Balaban J connectivity index is 1.54. The summed E-state index contributed by atoms with van der Waals surface area (Å²) in [6, 6.07) is 2.15. The number of aryl methyl sites for hydroxylation is 1. The van der Waals surface area contributed by atoms with Crippen LogP contribution < -0.4 is 0 Å². The quantitative estimate of drug-likeness (QED) is 0.809. The Kier molecular flexibility index (Phi) is 5.68. The van der Waals surface area contributed by atoms with Crippen LogP contribution in [-0.4, -0.2) is 52.9 Å². The van der Waals surface area contributed by atoms with Gasteiger partial charge in [0.15, 0.2) is 0 Å². The highest BCUT2D eigenvalue weighted by atomic mass is 16.5. The Morgan fingerprint density at radius 3 is 2.73 bits per heavy atom. The van der Waals surface area contributed by atoms with Crippen LogP contribution in [0.1, 0.15) is 51.0 Å². The highest BCUT2D eigenvalue weighted by Crippen LogP contribution is 2.40. The fourth-order valence-electron chi connectivity index (χ4n) is 4.45. The molecule has 0 unspecified atom stereocenters. The summed E-state index contributed by atoms with van der Waals surface area (Å²) in [5.41, 5.74) is 0.805. The molecule has 2 amide bonds. The van der Waals surface area contributed by atoms with Crippen LogP contribution >= 0.6 is 0 Å². The van der Waals surface area contributed by atoms with Crippen LogP contribution in [0.25, 0.3) is 0 Å². The van der Waals surface area contributed by atoms with E-state index in [1.807, 2.05) is 29.8 Å². The summed E-state index contributed by atoms with van der Waals surface area (Å²) in [5.74, 6) is 2.53. The molecule has 144 valence electrons. The molecule has 1 aromatic heterocycles. The average molecular weight is 361 g/mol. The Morgan fingerprint density at radius 1 is 1.35 bits per heavy atom. The molecule has 1 aliphatic heterocycles. The van der Waals surface area contributed by atoms with E-state index in [1.54, 1.807) is 0 Å². The number of piperidine rings is 1. The lowest BCUT2D eigenvalue weighted by atomic mass is 9.88. The van der Waals surface area contributed by atoms with Crippen LogP contribution in [0.3, 0.4) is 0 Å². The maximum absolute atomic E-state index is 12.6. The summed E-state index contributed by atoms with van der Waals surface area (Å²) in [7, 11) is 1.95. The molecule has 0 N–H and O–H groups in total. The van der Waals surface area contributed by atoms with Gasteiger partial charge in [-0.05, 0) is 43.9 Å². The summed E-state index contributed by atoms with van der Waals surface area (Å²) >= 11 is 0. The summed E-state index contributed by atoms with van der Waals surface area (Å²) in [6.07, 6.45) is 4.02. The number of likely N-dealkylation sites (tertiary alicyclic amines) is 1. The fraction of sp³-hybridized carbons (Fsp3) is 0.750. The molecule has 6 heteroatoms. The highest BCUT2D eigenvalue weighted by Gasteiger charge is 2.41. The van der Waals surface area contributed by atoms with E-state index >= 15 is 0 Å². The molecule has 1 aliphatic carbocycles. The number of amides is 2. The number of nitrogens with zero attached hydrogens (tertiary/aromatic N) is 3. The van der Waals surface area contributed by atoms with Crippen molar-refractivity contribution in [3.63, 3.8) is 0 Å². The third-order valence-corrected chi connectivity index (χ3v) is 5.92. The SMILES string of the molecule is Cc1cc(CC(=O)N2CC[C@@H]3C[C@H](N(C)C(=O)CC(C)C)C[C@@H]3C2)on1. The number of aromatic nitrogens is 1. The molecule has 1 saturated heterocycles. The van der Waals surface area contributed by atoms with Crippen LogP contribution in [0, 0.1) is 24.7 Å². The van der Waals surface area contributed by atoms with E-state index in [0.29, 0.717) is 36.0 Å². The van der Waals surface area contributed by atoms with E-state index in [-0.39, 0.29) is 18.2 Å². The van der Waals surface area contributed by atoms with Gasteiger partial charge in [0, 0.05) is 38.7 Å². The summed E-state index contributed by atoms with van der Waals surface area (Å²) in [6.45, 7) is 7.64. The first kappa shape index (κ1) is 18.9. The maximum Gasteiger partial charge on any atom is 0.230 e. The predicted molar refractivity (Wildman–Crippen MR) is 98.4 cm³/mol. The lowest BCUT2D eigenvalue weighted by molar-refractivity contribution is -0.134. The molecule has 26 heavy (non-hydrogen) atoms. The molecule has 1 saturated carbocycles.